The minimum Gasteiger partial charge on any atom is -0.489 e. The zero-order valence-corrected chi connectivity index (χ0v) is 18.0. The van der Waals surface area contributed by atoms with Crippen molar-refractivity contribution in [3.8, 4) is 17.2 Å². The zero-order chi connectivity index (χ0) is 23.9. The molecule has 0 radical (unpaired) electrons. The van der Waals surface area contributed by atoms with Crippen LogP contribution in [-0.4, -0.2) is 27.0 Å². The Kier molecular flexibility index (Phi) is 4.04. The molecule has 0 saturated heterocycles. The van der Waals surface area contributed by atoms with Crippen molar-refractivity contribution in [3.63, 3.8) is 0 Å². The highest BCUT2D eigenvalue weighted by Gasteiger charge is 2.61. The Labute approximate surface area is 196 Å². The third-order valence-electron chi connectivity index (χ3n) is 6.80. The number of hydrogen-bond donors (Lipinski definition) is 2. The maximum Gasteiger partial charge on any atom is 0.416 e. The van der Waals surface area contributed by atoms with Gasteiger partial charge < -0.3 is 19.8 Å². The molecule has 4 heterocycles. The van der Waals surface area contributed by atoms with E-state index in [-0.39, 0.29) is 23.8 Å². The highest BCUT2D eigenvalue weighted by Crippen LogP contribution is 2.63. The molecule has 35 heavy (non-hydrogen) atoms. The number of imidazole rings is 1. The number of amides is 1. The van der Waals surface area contributed by atoms with Crippen molar-refractivity contribution >= 4 is 22.8 Å². The van der Waals surface area contributed by atoms with Crippen LogP contribution < -0.4 is 14.8 Å². The molecule has 2 aromatic carbocycles. The number of nitrogens with one attached hydrogen (secondary N) is 2. The standard InChI is InChI=1S/C25H17F3N4O3/c26-25(27,28)11-1-4-15-16(9-11)31-24(30-15)21-20-14-10-12(2-5-17(14)35-22(20)21)34-18-7-8-29-23-13(18)3-6-19(33)32-23/h1-2,4-5,7-10,20-22H,3,6H2,(H,30,31)(H,29,32,33)/t20-,21-,22-/m0/s1. The van der Waals surface area contributed by atoms with Crippen molar-refractivity contribution in [2.24, 2.45) is 0 Å². The lowest BCUT2D eigenvalue weighted by Gasteiger charge is -2.19. The quantitative estimate of drug-likeness (QED) is 0.417. The summed E-state index contributed by atoms with van der Waals surface area (Å²) >= 11 is 0. The van der Waals surface area contributed by atoms with Gasteiger partial charge in [0.05, 0.1) is 22.5 Å². The molecule has 176 valence electrons. The van der Waals surface area contributed by atoms with Crippen molar-refractivity contribution in [2.45, 2.75) is 37.0 Å². The molecule has 1 fully saturated rings. The number of carbonyl (C=O) groups excluding carboxylic acids is 1. The SMILES string of the molecule is O=C1CCc2c(Oc3ccc4c(c3)[C@@H]3[C@H](O4)[C@H]3c3nc4ccc(C(F)(F)F)cc4[nH]3)ccnc2N1. The molecule has 1 saturated carbocycles. The number of aromatic nitrogens is 3. The molecule has 2 N–H and O–H groups in total. The van der Waals surface area contributed by atoms with Gasteiger partial charge >= 0.3 is 6.18 Å². The number of aromatic amines is 1. The van der Waals surface area contributed by atoms with E-state index in [1.807, 2.05) is 18.2 Å². The molecule has 10 heteroatoms. The number of ether oxygens (including phenoxy) is 2. The predicted octanol–water partition coefficient (Wildman–Crippen LogP) is 5.30. The normalized spacial score (nSPS) is 22.1. The van der Waals surface area contributed by atoms with Crippen molar-refractivity contribution in [1.82, 2.24) is 15.0 Å². The molecule has 0 spiro atoms. The van der Waals surface area contributed by atoms with Crippen molar-refractivity contribution in [3.05, 3.63) is 71.2 Å². The smallest absolute Gasteiger partial charge is 0.416 e. The number of carbonyl (C=O) groups is 1. The van der Waals surface area contributed by atoms with Gasteiger partial charge in [-0.3, -0.25) is 4.79 Å². The van der Waals surface area contributed by atoms with Crippen LogP contribution in [0.1, 0.15) is 40.8 Å². The fourth-order valence-electron chi connectivity index (χ4n) is 5.07. The summed E-state index contributed by atoms with van der Waals surface area (Å²) in [5.41, 5.74) is 1.96. The van der Waals surface area contributed by atoms with Crippen LogP contribution in [0.3, 0.4) is 0 Å². The van der Waals surface area contributed by atoms with E-state index in [2.05, 4.69) is 20.3 Å². The number of benzene rings is 2. The van der Waals surface area contributed by atoms with Gasteiger partial charge in [-0.2, -0.15) is 13.2 Å². The first-order valence-electron chi connectivity index (χ1n) is 11.2. The van der Waals surface area contributed by atoms with Crippen LogP contribution in [-0.2, 0) is 17.4 Å². The van der Waals surface area contributed by atoms with Gasteiger partial charge in [0.25, 0.3) is 0 Å². The van der Waals surface area contributed by atoms with E-state index in [4.69, 9.17) is 9.47 Å². The number of fused-ring (bicyclic) bond motifs is 5. The van der Waals surface area contributed by atoms with E-state index in [1.165, 1.54) is 6.07 Å². The first kappa shape index (κ1) is 20.3. The Morgan fingerprint density at radius 3 is 2.80 bits per heavy atom. The summed E-state index contributed by atoms with van der Waals surface area (Å²) in [6.45, 7) is 0. The monoisotopic (exact) mass is 478 g/mol. The molecule has 1 amide bonds. The summed E-state index contributed by atoms with van der Waals surface area (Å²) in [5.74, 6) is 3.07. The van der Waals surface area contributed by atoms with E-state index in [9.17, 15) is 18.0 Å². The summed E-state index contributed by atoms with van der Waals surface area (Å²) in [6.07, 6.45) is -2.01. The lowest BCUT2D eigenvalue weighted by Crippen LogP contribution is -2.20. The summed E-state index contributed by atoms with van der Waals surface area (Å²) in [4.78, 5) is 23.5. The second-order valence-corrected chi connectivity index (χ2v) is 8.97. The second kappa shape index (κ2) is 6.97. The summed E-state index contributed by atoms with van der Waals surface area (Å²) < 4.78 is 51.4. The van der Waals surface area contributed by atoms with Crippen LogP contribution in [0.2, 0.25) is 0 Å². The summed E-state index contributed by atoms with van der Waals surface area (Å²) in [6, 6.07) is 10.9. The van der Waals surface area contributed by atoms with Gasteiger partial charge in [0.2, 0.25) is 5.91 Å². The van der Waals surface area contributed by atoms with Gasteiger partial charge in [0.1, 0.15) is 35.0 Å². The fourth-order valence-corrected chi connectivity index (χ4v) is 5.07. The first-order chi connectivity index (χ1) is 16.8. The molecule has 7 rings (SSSR count). The predicted molar refractivity (Wildman–Crippen MR) is 119 cm³/mol. The van der Waals surface area contributed by atoms with Gasteiger partial charge in [-0.1, -0.05) is 0 Å². The molecule has 3 atom stereocenters. The Hall–Kier alpha value is -4.08. The van der Waals surface area contributed by atoms with E-state index < -0.39 is 11.7 Å². The van der Waals surface area contributed by atoms with Crippen LogP contribution in [0.15, 0.2) is 48.7 Å². The van der Waals surface area contributed by atoms with Crippen molar-refractivity contribution < 1.29 is 27.4 Å². The molecule has 0 bridgehead atoms. The average molecular weight is 478 g/mol. The first-order valence-corrected chi connectivity index (χ1v) is 11.2. The Morgan fingerprint density at radius 1 is 1.06 bits per heavy atom. The maximum atomic E-state index is 13.1. The molecular formula is C25H17F3N4O3. The number of nitrogens with zero attached hydrogens (tertiary/aromatic N) is 2. The van der Waals surface area contributed by atoms with Crippen LogP contribution in [0, 0.1) is 0 Å². The minimum absolute atomic E-state index is 0.0434. The number of alkyl halides is 3. The highest BCUT2D eigenvalue weighted by atomic mass is 19.4. The molecule has 4 aromatic rings. The molecule has 1 aliphatic carbocycles. The third-order valence-corrected chi connectivity index (χ3v) is 6.80. The molecule has 7 nitrogen and oxygen atoms in total. The summed E-state index contributed by atoms with van der Waals surface area (Å²) in [7, 11) is 0. The van der Waals surface area contributed by atoms with Crippen LogP contribution in [0.5, 0.6) is 17.2 Å². The zero-order valence-electron chi connectivity index (χ0n) is 18.0. The van der Waals surface area contributed by atoms with Gasteiger partial charge in [-0.25, -0.2) is 9.97 Å². The average Bonchev–Trinajstić information content (AvgIpc) is 3.18. The third kappa shape index (κ3) is 3.23. The molecule has 3 aliphatic rings. The van der Waals surface area contributed by atoms with Crippen molar-refractivity contribution in [1.29, 1.82) is 0 Å². The number of H-pyrrole nitrogens is 1. The van der Waals surface area contributed by atoms with Crippen molar-refractivity contribution in [2.75, 3.05) is 5.32 Å². The van der Waals surface area contributed by atoms with Crippen LogP contribution in [0.4, 0.5) is 19.0 Å². The maximum absolute atomic E-state index is 13.1. The van der Waals surface area contributed by atoms with Gasteiger partial charge in [-0.05, 0) is 48.9 Å². The molecule has 2 aliphatic heterocycles. The summed E-state index contributed by atoms with van der Waals surface area (Å²) in [5, 5.41) is 2.77. The Bertz CT molecular complexity index is 1530. The Morgan fingerprint density at radius 2 is 1.94 bits per heavy atom. The second-order valence-electron chi connectivity index (χ2n) is 8.97. The number of pyridine rings is 1. The number of halogens is 3. The number of anilines is 1. The van der Waals surface area contributed by atoms with Gasteiger partial charge in [0, 0.05) is 29.7 Å². The Balaban J connectivity index is 1.16. The van der Waals surface area contributed by atoms with Crippen LogP contribution >= 0.6 is 0 Å². The van der Waals surface area contributed by atoms with E-state index in [0.717, 1.165) is 29.0 Å². The topological polar surface area (TPSA) is 89.1 Å². The minimum atomic E-state index is -4.41. The lowest BCUT2D eigenvalue weighted by atomic mass is 10.1. The van der Waals surface area contributed by atoms with Crippen LogP contribution in [0.25, 0.3) is 11.0 Å². The largest absolute Gasteiger partial charge is 0.489 e. The number of rotatable bonds is 3. The lowest BCUT2D eigenvalue weighted by molar-refractivity contribution is -0.137. The van der Waals surface area contributed by atoms with E-state index >= 15 is 0 Å². The molecule has 0 unspecified atom stereocenters. The van der Waals surface area contributed by atoms with E-state index in [1.54, 1.807) is 12.3 Å². The highest BCUT2D eigenvalue weighted by molar-refractivity contribution is 5.93. The van der Waals surface area contributed by atoms with Gasteiger partial charge in [0.15, 0.2) is 0 Å². The van der Waals surface area contributed by atoms with Gasteiger partial charge in [-0.15, -0.1) is 0 Å². The molecule has 2 aromatic heterocycles. The van der Waals surface area contributed by atoms with E-state index in [0.29, 0.717) is 47.0 Å². The number of hydrogen-bond acceptors (Lipinski definition) is 5. The fraction of sp³-hybridized carbons (Fsp3) is 0.240. The molecular weight excluding hydrogens is 461 g/mol.